The predicted octanol–water partition coefficient (Wildman–Crippen LogP) is 3.39. The number of nitrogens with one attached hydrogen (secondary N) is 2. The van der Waals surface area contributed by atoms with Crippen molar-refractivity contribution in [3.05, 3.63) is 54.1 Å². The number of rotatable bonds is 7. The molecule has 0 spiro atoms. The molecule has 31 heavy (non-hydrogen) atoms. The van der Waals surface area contributed by atoms with Crippen molar-refractivity contribution in [2.24, 2.45) is 0 Å². The Bertz CT molecular complexity index is 996. The molecule has 2 saturated heterocycles. The summed E-state index contributed by atoms with van der Waals surface area (Å²) >= 11 is 0. The highest BCUT2D eigenvalue weighted by atomic mass is 32.2. The Morgan fingerprint density at radius 2 is 1.81 bits per heavy atom. The second kappa shape index (κ2) is 9.80. The summed E-state index contributed by atoms with van der Waals surface area (Å²) in [6.45, 7) is 3.03. The van der Waals surface area contributed by atoms with Crippen LogP contribution in [0.25, 0.3) is 0 Å². The zero-order chi connectivity index (χ0) is 21.7. The van der Waals surface area contributed by atoms with Crippen molar-refractivity contribution in [2.75, 3.05) is 36.5 Å². The quantitative estimate of drug-likeness (QED) is 0.685. The van der Waals surface area contributed by atoms with Crippen molar-refractivity contribution in [3.63, 3.8) is 0 Å². The zero-order valence-electron chi connectivity index (χ0n) is 17.5. The molecule has 1 amide bonds. The SMILES string of the molecule is O=C(Nc1ccc(N2CCCCC2)cc1)c1cccc(S(=O)(=O)NC[C@@H]2CCCO2)c1. The lowest BCUT2D eigenvalue weighted by Gasteiger charge is -2.28. The van der Waals surface area contributed by atoms with Crippen LogP contribution >= 0.6 is 0 Å². The van der Waals surface area contributed by atoms with Gasteiger partial charge < -0.3 is 15.0 Å². The van der Waals surface area contributed by atoms with E-state index < -0.39 is 10.0 Å². The van der Waals surface area contributed by atoms with Crippen LogP contribution in [0.3, 0.4) is 0 Å². The first-order valence-corrected chi connectivity index (χ1v) is 12.4. The van der Waals surface area contributed by atoms with Gasteiger partial charge in [0.05, 0.1) is 11.0 Å². The van der Waals surface area contributed by atoms with Gasteiger partial charge in [-0.1, -0.05) is 6.07 Å². The maximum Gasteiger partial charge on any atom is 0.255 e. The van der Waals surface area contributed by atoms with Gasteiger partial charge in [0.25, 0.3) is 5.91 Å². The Morgan fingerprint density at radius 3 is 2.52 bits per heavy atom. The molecule has 0 unspecified atom stereocenters. The fourth-order valence-corrected chi connectivity index (χ4v) is 5.12. The molecule has 2 N–H and O–H groups in total. The summed E-state index contributed by atoms with van der Waals surface area (Å²) in [4.78, 5) is 15.1. The van der Waals surface area contributed by atoms with E-state index in [1.54, 1.807) is 12.1 Å². The number of carbonyl (C=O) groups is 1. The number of amides is 1. The fourth-order valence-electron chi connectivity index (χ4n) is 4.01. The van der Waals surface area contributed by atoms with Gasteiger partial charge in [-0.15, -0.1) is 0 Å². The summed E-state index contributed by atoms with van der Waals surface area (Å²) in [5, 5.41) is 2.85. The van der Waals surface area contributed by atoms with Crippen molar-refractivity contribution < 1.29 is 17.9 Å². The third kappa shape index (κ3) is 5.64. The molecule has 0 aliphatic carbocycles. The molecule has 2 aliphatic heterocycles. The first-order valence-electron chi connectivity index (χ1n) is 10.9. The molecule has 2 aliphatic rings. The van der Waals surface area contributed by atoms with E-state index in [1.165, 1.54) is 31.4 Å². The smallest absolute Gasteiger partial charge is 0.255 e. The number of ether oxygens (including phenoxy) is 1. The summed E-state index contributed by atoms with van der Waals surface area (Å²) in [5.41, 5.74) is 2.12. The van der Waals surface area contributed by atoms with Crippen molar-refractivity contribution in [1.29, 1.82) is 0 Å². The molecule has 4 rings (SSSR count). The summed E-state index contributed by atoms with van der Waals surface area (Å²) in [7, 11) is -3.71. The van der Waals surface area contributed by atoms with Gasteiger partial charge in [-0.3, -0.25) is 4.79 Å². The molecule has 2 heterocycles. The normalized spacial score (nSPS) is 19.4. The number of hydrogen-bond donors (Lipinski definition) is 2. The molecular formula is C23H29N3O4S. The molecule has 2 fully saturated rings. The van der Waals surface area contributed by atoms with E-state index in [0.29, 0.717) is 17.9 Å². The third-order valence-electron chi connectivity index (χ3n) is 5.78. The summed E-state index contributed by atoms with van der Waals surface area (Å²) in [6.07, 6.45) is 5.40. The van der Waals surface area contributed by atoms with E-state index >= 15 is 0 Å². The number of hydrogen-bond acceptors (Lipinski definition) is 5. The number of piperidine rings is 1. The van der Waals surface area contributed by atoms with Crippen LogP contribution in [-0.2, 0) is 14.8 Å². The first-order chi connectivity index (χ1) is 15.0. The Morgan fingerprint density at radius 1 is 1.03 bits per heavy atom. The standard InChI is InChI=1S/C23H29N3O4S/c27-23(25-19-9-11-20(12-10-19)26-13-2-1-3-14-26)18-6-4-8-22(16-18)31(28,29)24-17-21-7-5-15-30-21/h4,6,8-12,16,21,24H,1-3,5,7,13-15,17H2,(H,25,27)/t21-/m0/s1. The van der Waals surface area contributed by atoms with Crippen molar-refractivity contribution in [2.45, 2.75) is 43.1 Å². The van der Waals surface area contributed by atoms with E-state index in [2.05, 4.69) is 14.9 Å². The highest BCUT2D eigenvalue weighted by Crippen LogP contribution is 2.22. The maximum atomic E-state index is 12.7. The molecule has 2 aromatic carbocycles. The Labute approximate surface area is 183 Å². The van der Waals surface area contributed by atoms with Crippen molar-refractivity contribution in [3.8, 4) is 0 Å². The molecule has 8 heteroatoms. The Kier molecular flexibility index (Phi) is 6.89. The van der Waals surface area contributed by atoms with Crippen LogP contribution in [0.5, 0.6) is 0 Å². The minimum absolute atomic E-state index is 0.0681. The van der Waals surface area contributed by atoms with Gasteiger partial charge in [0.1, 0.15) is 0 Å². The number of nitrogens with zero attached hydrogens (tertiary/aromatic N) is 1. The first kappa shape index (κ1) is 21.8. The summed E-state index contributed by atoms with van der Waals surface area (Å²) in [6, 6.07) is 13.9. The van der Waals surface area contributed by atoms with E-state index in [1.807, 2.05) is 24.3 Å². The molecule has 0 radical (unpaired) electrons. The fraction of sp³-hybridized carbons (Fsp3) is 0.435. The van der Waals surface area contributed by atoms with Crippen LogP contribution in [0, 0.1) is 0 Å². The number of benzene rings is 2. The molecular weight excluding hydrogens is 414 g/mol. The third-order valence-corrected chi connectivity index (χ3v) is 7.20. The van der Waals surface area contributed by atoms with E-state index in [0.717, 1.165) is 31.6 Å². The monoisotopic (exact) mass is 443 g/mol. The van der Waals surface area contributed by atoms with Gasteiger partial charge in [-0.2, -0.15) is 0 Å². The largest absolute Gasteiger partial charge is 0.377 e. The van der Waals surface area contributed by atoms with Crippen LogP contribution in [0.4, 0.5) is 11.4 Å². The lowest BCUT2D eigenvalue weighted by Crippen LogP contribution is -2.32. The molecule has 166 valence electrons. The van der Waals surface area contributed by atoms with Crippen LogP contribution in [0.2, 0.25) is 0 Å². The topological polar surface area (TPSA) is 87.7 Å². The Balaban J connectivity index is 1.39. The van der Waals surface area contributed by atoms with Gasteiger partial charge in [0.15, 0.2) is 0 Å². The summed E-state index contributed by atoms with van der Waals surface area (Å²) in [5.74, 6) is -0.345. The van der Waals surface area contributed by atoms with Crippen LogP contribution in [0.1, 0.15) is 42.5 Å². The van der Waals surface area contributed by atoms with Gasteiger partial charge in [-0.05, 0) is 74.6 Å². The minimum atomic E-state index is -3.71. The lowest BCUT2D eigenvalue weighted by atomic mass is 10.1. The Hall–Kier alpha value is -2.42. The molecule has 0 aromatic heterocycles. The highest BCUT2D eigenvalue weighted by Gasteiger charge is 2.21. The molecule has 0 bridgehead atoms. The maximum absolute atomic E-state index is 12.7. The number of anilines is 2. The molecule has 1 atom stereocenters. The number of sulfonamides is 1. The molecule has 2 aromatic rings. The van der Waals surface area contributed by atoms with Gasteiger partial charge in [0, 0.05) is 43.2 Å². The average molecular weight is 444 g/mol. The molecule has 0 saturated carbocycles. The number of carbonyl (C=O) groups excluding carboxylic acids is 1. The van der Waals surface area contributed by atoms with Gasteiger partial charge in [-0.25, -0.2) is 13.1 Å². The summed E-state index contributed by atoms with van der Waals surface area (Å²) < 4.78 is 33.3. The van der Waals surface area contributed by atoms with Gasteiger partial charge in [0.2, 0.25) is 10.0 Å². The van der Waals surface area contributed by atoms with Crippen LogP contribution in [0.15, 0.2) is 53.4 Å². The highest BCUT2D eigenvalue weighted by molar-refractivity contribution is 7.89. The second-order valence-corrected chi connectivity index (χ2v) is 9.83. The molecule has 7 nitrogen and oxygen atoms in total. The van der Waals surface area contributed by atoms with E-state index in [-0.39, 0.29) is 23.5 Å². The average Bonchev–Trinajstić information content (AvgIpc) is 3.33. The van der Waals surface area contributed by atoms with Crippen LogP contribution in [-0.4, -0.2) is 46.7 Å². The van der Waals surface area contributed by atoms with Gasteiger partial charge >= 0.3 is 0 Å². The zero-order valence-corrected chi connectivity index (χ0v) is 18.4. The lowest BCUT2D eigenvalue weighted by molar-refractivity contribution is 0.102. The van der Waals surface area contributed by atoms with E-state index in [4.69, 9.17) is 4.74 Å². The van der Waals surface area contributed by atoms with E-state index in [9.17, 15) is 13.2 Å². The predicted molar refractivity (Wildman–Crippen MR) is 121 cm³/mol. The minimum Gasteiger partial charge on any atom is -0.377 e. The van der Waals surface area contributed by atoms with Crippen molar-refractivity contribution in [1.82, 2.24) is 4.72 Å². The van der Waals surface area contributed by atoms with Crippen LogP contribution < -0.4 is 14.9 Å². The van der Waals surface area contributed by atoms with Crippen molar-refractivity contribution >= 4 is 27.3 Å². The second-order valence-electron chi connectivity index (χ2n) is 8.06.